The molecule has 0 radical (unpaired) electrons. The van der Waals surface area contributed by atoms with Crippen LogP contribution in [0.4, 0.5) is 0 Å². The Bertz CT molecular complexity index is 1330. The van der Waals surface area contributed by atoms with E-state index >= 15 is 0 Å². The predicted molar refractivity (Wildman–Crippen MR) is 125 cm³/mol. The van der Waals surface area contributed by atoms with E-state index in [1.807, 2.05) is 12.4 Å². The molecule has 5 heteroatoms. The van der Waals surface area contributed by atoms with Gasteiger partial charge in [0.25, 0.3) is 0 Å². The van der Waals surface area contributed by atoms with E-state index in [0.717, 1.165) is 41.3 Å². The molecule has 1 atom stereocenters. The van der Waals surface area contributed by atoms with Crippen LogP contribution in [0.3, 0.4) is 0 Å². The molecule has 1 aliphatic rings. The lowest BCUT2D eigenvalue weighted by Gasteiger charge is -2.07. The van der Waals surface area contributed by atoms with Crippen molar-refractivity contribution in [2.45, 2.75) is 18.9 Å². The lowest BCUT2D eigenvalue weighted by molar-refractivity contribution is 0.613. The van der Waals surface area contributed by atoms with Crippen molar-refractivity contribution in [2.75, 3.05) is 6.54 Å². The van der Waals surface area contributed by atoms with Crippen molar-refractivity contribution >= 4 is 10.8 Å². The van der Waals surface area contributed by atoms with Crippen LogP contribution >= 0.6 is 0 Å². The number of hydrogen-bond donors (Lipinski definition) is 3. The van der Waals surface area contributed by atoms with Crippen molar-refractivity contribution in [1.29, 1.82) is 0 Å². The van der Waals surface area contributed by atoms with E-state index in [2.05, 4.69) is 85.9 Å². The number of imidazole rings is 2. The minimum absolute atomic E-state index is 0.361. The van der Waals surface area contributed by atoms with E-state index < -0.39 is 0 Å². The second-order valence-electron chi connectivity index (χ2n) is 8.15. The summed E-state index contributed by atoms with van der Waals surface area (Å²) in [6.45, 7) is 1.08. The molecule has 0 bridgehead atoms. The van der Waals surface area contributed by atoms with Gasteiger partial charge in [-0.05, 0) is 59.0 Å². The van der Waals surface area contributed by atoms with Crippen LogP contribution in [0.2, 0.25) is 0 Å². The highest BCUT2D eigenvalue weighted by Gasteiger charge is 2.19. The van der Waals surface area contributed by atoms with Crippen LogP contribution in [-0.4, -0.2) is 26.5 Å². The van der Waals surface area contributed by atoms with Crippen LogP contribution in [0.15, 0.2) is 79.4 Å². The minimum atomic E-state index is 0.361. The summed E-state index contributed by atoms with van der Waals surface area (Å²) in [5.74, 6) is 1.04. The van der Waals surface area contributed by atoms with Gasteiger partial charge >= 0.3 is 0 Å². The summed E-state index contributed by atoms with van der Waals surface area (Å²) in [7, 11) is 0. The Balaban J connectivity index is 1.26. The van der Waals surface area contributed by atoms with E-state index in [1.54, 1.807) is 6.33 Å². The molecule has 6 rings (SSSR count). The fraction of sp³-hybridized carbons (Fsp3) is 0.154. The Morgan fingerprint density at radius 2 is 1.48 bits per heavy atom. The number of hydrogen-bond acceptors (Lipinski definition) is 3. The Morgan fingerprint density at radius 3 is 2.23 bits per heavy atom. The van der Waals surface area contributed by atoms with Gasteiger partial charge in [0.05, 0.1) is 36.2 Å². The summed E-state index contributed by atoms with van der Waals surface area (Å²) in [6, 6.07) is 22.2. The van der Waals surface area contributed by atoms with E-state index in [9.17, 15) is 0 Å². The Labute approximate surface area is 180 Å². The molecule has 0 aliphatic carbocycles. The standard InChI is InChI=1S/C26H23N5/c1-2-23(28-11-1)26-29-15-25(31-26)18-5-3-17(4-6-18)19-7-8-21-13-22(10-9-20(21)12-19)24-14-27-16-30-24/h3-10,12-16,23,28H,1-2,11H2,(H,27,30)(H,29,31)/t23-/m0/s1. The summed E-state index contributed by atoms with van der Waals surface area (Å²) < 4.78 is 0. The zero-order chi connectivity index (χ0) is 20.6. The highest BCUT2D eigenvalue weighted by Crippen LogP contribution is 2.30. The van der Waals surface area contributed by atoms with Gasteiger partial charge in [0.1, 0.15) is 5.82 Å². The van der Waals surface area contributed by atoms with Gasteiger partial charge in [-0.1, -0.05) is 48.5 Å². The van der Waals surface area contributed by atoms with Crippen molar-refractivity contribution < 1.29 is 0 Å². The predicted octanol–water partition coefficient (Wildman–Crippen LogP) is 5.71. The van der Waals surface area contributed by atoms with Crippen molar-refractivity contribution in [2.24, 2.45) is 0 Å². The van der Waals surface area contributed by atoms with Crippen LogP contribution in [0, 0.1) is 0 Å². The molecule has 1 saturated heterocycles. The monoisotopic (exact) mass is 405 g/mol. The molecule has 0 amide bonds. The number of fused-ring (bicyclic) bond motifs is 1. The molecular weight excluding hydrogens is 382 g/mol. The van der Waals surface area contributed by atoms with E-state index in [4.69, 9.17) is 0 Å². The van der Waals surface area contributed by atoms with E-state index in [-0.39, 0.29) is 0 Å². The third kappa shape index (κ3) is 3.43. The van der Waals surface area contributed by atoms with Gasteiger partial charge in [0.15, 0.2) is 0 Å². The second-order valence-corrected chi connectivity index (χ2v) is 8.15. The average Bonchev–Trinajstić information content (AvgIpc) is 3.60. The van der Waals surface area contributed by atoms with Crippen LogP contribution in [0.5, 0.6) is 0 Å². The number of rotatable bonds is 4. The zero-order valence-electron chi connectivity index (χ0n) is 17.1. The molecule has 3 heterocycles. The number of aromatic nitrogens is 4. The average molecular weight is 406 g/mol. The fourth-order valence-electron chi connectivity index (χ4n) is 4.43. The first kappa shape index (κ1) is 18.1. The molecule has 5 aromatic rings. The van der Waals surface area contributed by atoms with Gasteiger partial charge < -0.3 is 15.3 Å². The lowest BCUT2D eigenvalue weighted by Crippen LogP contribution is -2.14. The van der Waals surface area contributed by atoms with Crippen LogP contribution in [0.1, 0.15) is 24.7 Å². The summed E-state index contributed by atoms with van der Waals surface area (Å²) in [4.78, 5) is 15.4. The quantitative estimate of drug-likeness (QED) is 0.359. The zero-order valence-corrected chi connectivity index (χ0v) is 17.1. The first-order chi connectivity index (χ1) is 15.3. The molecule has 31 heavy (non-hydrogen) atoms. The maximum Gasteiger partial charge on any atom is 0.123 e. The minimum Gasteiger partial charge on any atom is -0.345 e. The Kier molecular flexibility index (Phi) is 4.39. The third-order valence-electron chi connectivity index (χ3n) is 6.16. The third-order valence-corrected chi connectivity index (χ3v) is 6.16. The van der Waals surface area contributed by atoms with Gasteiger partial charge in [0, 0.05) is 5.56 Å². The van der Waals surface area contributed by atoms with E-state index in [0.29, 0.717) is 6.04 Å². The first-order valence-electron chi connectivity index (χ1n) is 10.8. The van der Waals surface area contributed by atoms with E-state index in [1.165, 1.54) is 28.3 Å². The van der Waals surface area contributed by atoms with Crippen LogP contribution in [-0.2, 0) is 0 Å². The molecule has 1 aliphatic heterocycles. The van der Waals surface area contributed by atoms with Crippen LogP contribution in [0.25, 0.3) is 44.4 Å². The number of H-pyrrole nitrogens is 2. The smallest absolute Gasteiger partial charge is 0.123 e. The topological polar surface area (TPSA) is 69.4 Å². The number of aromatic amines is 2. The van der Waals surface area contributed by atoms with Crippen molar-refractivity contribution in [3.05, 3.63) is 85.2 Å². The molecule has 5 nitrogen and oxygen atoms in total. The lowest BCUT2D eigenvalue weighted by atomic mass is 9.98. The van der Waals surface area contributed by atoms with Crippen molar-refractivity contribution in [1.82, 2.24) is 25.3 Å². The highest BCUT2D eigenvalue weighted by molar-refractivity contribution is 5.90. The molecule has 0 spiro atoms. The van der Waals surface area contributed by atoms with Crippen molar-refractivity contribution in [3.63, 3.8) is 0 Å². The first-order valence-corrected chi connectivity index (χ1v) is 10.8. The summed E-state index contributed by atoms with van der Waals surface area (Å²) in [5.41, 5.74) is 6.83. The van der Waals surface area contributed by atoms with Gasteiger partial charge in [-0.25, -0.2) is 9.97 Å². The fourth-order valence-corrected chi connectivity index (χ4v) is 4.43. The van der Waals surface area contributed by atoms with Crippen molar-refractivity contribution in [3.8, 4) is 33.6 Å². The maximum absolute atomic E-state index is 4.59. The molecular formula is C26H23N5. The largest absolute Gasteiger partial charge is 0.345 e. The number of nitrogens with zero attached hydrogens (tertiary/aromatic N) is 2. The maximum atomic E-state index is 4.59. The molecule has 3 N–H and O–H groups in total. The molecule has 0 unspecified atom stereocenters. The Morgan fingerprint density at radius 1 is 0.742 bits per heavy atom. The molecule has 152 valence electrons. The van der Waals surface area contributed by atoms with Crippen LogP contribution < -0.4 is 5.32 Å². The molecule has 2 aromatic heterocycles. The molecule has 3 aromatic carbocycles. The summed E-state index contributed by atoms with van der Waals surface area (Å²) >= 11 is 0. The van der Waals surface area contributed by atoms with Gasteiger partial charge in [0.2, 0.25) is 0 Å². The molecule has 0 saturated carbocycles. The summed E-state index contributed by atoms with van der Waals surface area (Å²) in [6.07, 6.45) is 7.87. The molecule has 1 fully saturated rings. The highest BCUT2D eigenvalue weighted by atomic mass is 15.0. The number of benzene rings is 3. The second kappa shape index (κ2) is 7.52. The normalized spacial score (nSPS) is 16.2. The van der Waals surface area contributed by atoms with Gasteiger partial charge in [-0.2, -0.15) is 0 Å². The van der Waals surface area contributed by atoms with Gasteiger partial charge in [-0.3, -0.25) is 0 Å². The summed E-state index contributed by atoms with van der Waals surface area (Å²) in [5, 5.41) is 5.94. The SMILES string of the molecule is c1ncc(-c2ccc3cc(-c4ccc(-c5cnc([C@@H]6CCCN6)[nH]5)cc4)ccc3c2)[nH]1. The Hall–Kier alpha value is -3.70. The van der Waals surface area contributed by atoms with Gasteiger partial charge in [-0.15, -0.1) is 0 Å². The number of nitrogens with one attached hydrogen (secondary N) is 3.